The Morgan fingerprint density at radius 2 is 1.86 bits per heavy atom. The van der Waals surface area contributed by atoms with E-state index in [2.05, 4.69) is 49.5 Å². The number of H-pyrrole nitrogens is 1. The highest BCUT2D eigenvalue weighted by Gasteiger charge is 2.11. The molecule has 0 saturated heterocycles. The van der Waals surface area contributed by atoms with Crippen molar-refractivity contribution < 1.29 is 0 Å². The van der Waals surface area contributed by atoms with Gasteiger partial charge in [-0.15, -0.1) is 0 Å². The molecule has 3 aromatic heterocycles. The lowest BCUT2D eigenvalue weighted by Crippen LogP contribution is -2.09. The van der Waals surface area contributed by atoms with Crippen LogP contribution in [-0.2, 0) is 0 Å². The molecule has 1 atom stereocenters. The lowest BCUT2D eigenvalue weighted by molar-refractivity contribution is 0.864. The monoisotopic (exact) mass is 367 g/mol. The summed E-state index contributed by atoms with van der Waals surface area (Å²) in [5, 5.41) is 12.2. The van der Waals surface area contributed by atoms with Crippen LogP contribution in [-0.4, -0.2) is 30.1 Å². The Kier molecular flexibility index (Phi) is 3.90. The molecule has 5 rings (SSSR count). The number of anilines is 1. The molecule has 0 bridgehead atoms. The fourth-order valence-electron chi connectivity index (χ4n) is 3.25. The number of aromatic nitrogens is 6. The minimum Gasteiger partial charge on any atom is -0.348 e. The summed E-state index contributed by atoms with van der Waals surface area (Å²) in [6.45, 7) is 2.09. The first-order valence-electron chi connectivity index (χ1n) is 9.01. The van der Waals surface area contributed by atoms with Gasteiger partial charge >= 0.3 is 0 Å². The average molecular weight is 367 g/mol. The van der Waals surface area contributed by atoms with E-state index in [4.69, 9.17) is 4.98 Å². The molecular formula is C21H17N7. The van der Waals surface area contributed by atoms with Gasteiger partial charge in [-0.25, -0.2) is 19.9 Å². The number of aromatic amines is 1. The molecule has 0 aliphatic rings. The van der Waals surface area contributed by atoms with Crippen LogP contribution in [0.15, 0.2) is 67.3 Å². The summed E-state index contributed by atoms with van der Waals surface area (Å²) in [5.41, 5.74) is 4.54. The van der Waals surface area contributed by atoms with E-state index in [9.17, 15) is 0 Å². The molecule has 0 radical (unpaired) electrons. The molecule has 3 heterocycles. The van der Waals surface area contributed by atoms with Gasteiger partial charge in [-0.05, 0) is 18.6 Å². The second kappa shape index (κ2) is 6.70. The molecule has 0 unspecified atom stereocenters. The summed E-state index contributed by atoms with van der Waals surface area (Å²) in [7, 11) is 0. The Bertz CT molecular complexity index is 1260. The number of nitrogens with zero attached hydrogens (tertiary/aromatic N) is 5. The maximum absolute atomic E-state index is 4.71. The van der Waals surface area contributed by atoms with Crippen molar-refractivity contribution in [2.45, 2.75) is 13.0 Å². The number of fused-ring (bicyclic) bond motifs is 2. The van der Waals surface area contributed by atoms with Crippen LogP contribution in [0.5, 0.6) is 0 Å². The third-order valence-corrected chi connectivity index (χ3v) is 4.75. The molecule has 136 valence electrons. The van der Waals surface area contributed by atoms with Gasteiger partial charge in [-0.2, -0.15) is 5.10 Å². The molecular weight excluding hydrogens is 350 g/mol. The Balaban J connectivity index is 1.52. The van der Waals surface area contributed by atoms with E-state index in [-0.39, 0.29) is 6.04 Å². The van der Waals surface area contributed by atoms with E-state index < -0.39 is 0 Å². The van der Waals surface area contributed by atoms with E-state index in [1.807, 2.05) is 42.6 Å². The van der Waals surface area contributed by atoms with E-state index in [1.165, 1.54) is 11.9 Å². The first kappa shape index (κ1) is 16.3. The summed E-state index contributed by atoms with van der Waals surface area (Å²) in [6, 6.07) is 16.4. The molecule has 2 N–H and O–H groups in total. The van der Waals surface area contributed by atoms with E-state index in [0.29, 0.717) is 11.6 Å². The Labute approximate surface area is 160 Å². The quantitative estimate of drug-likeness (QED) is 0.496. The molecule has 0 aliphatic carbocycles. The highest BCUT2D eigenvalue weighted by Crippen LogP contribution is 2.27. The minimum atomic E-state index is 0.106. The maximum Gasteiger partial charge on any atom is 0.223 e. The van der Waals surface area contributed by atoms with Crippen molar-refractivity contribution in [1.82, 2.24) is 30.1 Å². The highest BCUT2D eigenvalue weighted by atomic mass is 15.1. The molecule has 0 amide bonds. The van der Waals surface area contributed by atoms with Crippen molar-refractivity contribution in [2.75, 3.05) is 5.32 Å². The van der Waals surface area contributed by atoms with Gasteiger partial charge in [0.1, 0.15) is 6.33 Å². The van der Waals surface area contributed by atoms with Gasteiger partial charge in [-0.3, -0.25) is 5.10 Å². The van der Waals surface area contributed by atoms with Gasteiger partial charge in [0.25, 0.3) is 0 Å². The van der Waals surface area contributed by atoms with Gasteiger partial charge in [0.15, 0.2) is 5.65 Å². The van der Waals surface area contributed by atoms with Gasteiger partial charge in [0, 0.05) is 17.1 Å². The largest absolute Gasteiger partial charge is 0.348 e. The zero-order chi connectivity index (χ0) is 18.9. The molecule has 0 aliphatic heterocycles. The van der Waals surface area contributed by atoms with Crippen LogP contribution in [0.1, 0.15) is 18.5 Å². The van der Waals surface area contributed by atoms with Gasteiger partial charge in [0.2, 0.25) is 5.95 Å². The predicted octanol–water partition coefficient (Wildman–Crippen LogP) is 4.14. The second-order valence-electron chi connectivity index (χ2n) is 6.60. The molecule has 5 aromatic rings. The summed E-state index contributed by atoms with van der Waals surface area (Å²) < 4.78 is 0. The van der Waals surface area contributed by atoms with Crippen LogP contribution < -0.4 is 5.32 Å². The van der Waals surface area contributed by atoms with Crippen LogP contribution in [0, 0.1) is 0 Å². The molecule has 7 heteroatoms. The SMILES string of the molecule is C[C@@H](Nc1ncc2ccc(-c3ncnc4[nH]ncc34)cc2n1)c1ccccc1. The first-order chi connectivity index (χ1) is 13.8. The predicted molar refractivity (Wildman–Crippen MR) is 109 cm³/mol. The Morgan fingerprint density at radius 1 is 0.964 bits per heavy atom. The van der Waals surface area contributed by atoms with Crippen molar-refractivity contribution in [3.63, 3.8) is 0 Å². The minimum absolute atomic E-state index is 0.106. The Morgan fingerprint density at radius 3 is 2.75 bits per heavy atom. The summed E-state index contributed by atoms with van der Waals surface area (Å²) in [5.74, 6) is 0.595. The topological polar surface area (TPSA) is 92.3 Å². The number of nitrogens with one attached hydrogen (secondary N) is 2. The maximum atomic E-state index is 4.71. The lowest BCUT2D eigenvalue weighted by atomic mass is 10.1. The second-order valence-corrected chi connectivity index (χ2v) is 6.60. The smallest absolute Gasteiger partial charge is 0.223 e. The van der Waals surface area contributed by atoms with Crippen LogP contribution in [0.3, 0.4) is 0 Å². The zero-order valence-corrected chi connectivity index (χ0v) is 15.2. The van der Waals surface area contributed by atoms with Crippen LogP contribution in [0.2, 0.25) is 0 Å². The standard InChI is InChI=1S/C21H17N7/c1-13(14-5-3-2-4-6-14)26-21-22-10-16-8-7-15(9-18(16)27-21)19-17-11-25-28-20(17)24-12-23-19/h2-13H,1H3,(H,22,26,27)(H,23,24,25,28)/t13-/m1/s1. The normalized spacial score (nSPS) is 12.3. The summed E-state index contributed by atoms with van der Waals surface area (Å²) >= 11 is 0. The zero-order valence-electron chi connectivity index (χ0n) is 15.2. The number of benzene rings is 2. The van der Waals surface area contributed by atoms with Crippen LogP contribution >= 0.6 is 0 Å². The van der Waals surface area contributed by atoms with Crippen molar-refractivity contribution in [3.05, 3.63) is 72.8 Å². The first-order valence-corrected chi connectivity index (χ1v) is 9.01. The third kappa shape index (κ3) is 2.92. The summed E-state index contributed by atoms with van der Waals surface area (Å²) in [6.07, 6.45) is 5.11. The number of rotatable bonds is 4. The summed E-state index contributed by atoms with van der Waals surface area (Å²) in [4.78, 5) is 17.8. The van der Waals surface area contributed by atoms with E-state index in [0.717, 1.165) is 27.5 Å². The molecule has 2 aromatic carbocycles. The molecule has 0 spiro atoms. The molecule has 0 saturated carbocycles. The van der Waals surface area contributed by atoms with Crippen molar-refractivity contribution in [1.29, 1.82) is 0 Å². The molecule has 28 heavy (non-hydrogen) atoms. The van der Waals surface area contributed by atoms with Crippen molar-refractivity contribution in [2.24, 2.45) is 0 Å². The molecule has 7 nitrogen and oxygen atoms in total. The van der Waals surface area contributed by atoms with Crippen molar-refractivity contribution >= 4 is 27.9 Å². The fraction of sp³-hybridized carbons (Fsp3) is 0.0952. The van der Waals surface area contributed by atoms with E-state index >= 15 is 0 Å². The van der Waals surface area contributed by atoms with Crippen LogP contribution in [0.4, 0.5) is 5.95 Å². The average Bonchev–Trinajstić information content (AvgIpc) is 3.23. The lowest BCUT2D eigenvalue weighted by Gasteiger charge is -2.14. The fourth-order valence-corrected chi connectivity index (χ4v) is 3.25. The van der Waals surface area contributed by atoms with Crippen molar-refractivity contribution in [3.8, 4) is 11.3 Å². The van der Waals surface area contributed by atoms with Gasteiger partial charge in [0.05, 0.1) is 28.8 Å². The van der Waals surface area contributed by atoms with Crippen LogP contribution in [0.25, 0.3) is 33.2 Å². The van der Waals surface area contributed by atoms with E-state index in [1.54, 1.807) is 6.20 Å². The number of hydrogen-bond acceptors (Lipinski definition) is 6. The highest BCUT2D eigenvalue weighted by molar-refractivity contribution is 5.92. The molecule has 0 fully saturated rings. The van der Waals surface area contributed by atoms with Gasteiger partial charge in [-0.1, -0.05) is 42.5 Å². The number of hydrogen-bond donors (Lipinski definition) is 2. The van der Waals surface area contributed by atoms with Gasteiger partial charge < -0.3 is 5.32 Å². The Hall–Kier alpha value is -3.87. The third-order valence-electron chi connectivity index (χ3n) is 4.75.